The summed E-state index contributed by atoms with van der Waals surface area (Å²) in [7, 11) is 0. The minimum atomic E-state index is -0.880. The normalized spacial score (nSPS) is 17.3. The van der Waals surface area contributed by atoms with E-state index >= 15 is 0 Å². The standard InChI is InChI=1S/C25H16N2O2S/c28-23-17-7-1-2-8-18(17)24(29)20(23)14-15-11-12-22(30-15)27-21-10-4-3-6-16(21)19-9-5-13-26-25(19)27/h1-14,23,28H/b20-14-. The second-order valence-corrected chi connectivity index (χ2v) is 8.42. The molecule has 0 saturated carbocycles. The zero-order valence-corrected chi connectivity index (χ0v) is 16.6. The molecule has 0 radical (unpaired) electrons. The molecule has 0 aliphatic heterocycles. The first-order valence-electron chi connectivity index (χ1n) is 9.70. The number of para-hydroxylation sites is 1. The molecule has 0 fully saturated rings. The number of nitrogens with zero attached hydrogens (tertiary/aromatic N) is 2. The van der Waals surface area contributed by atoms with Gasteiger partial charge in [-0.2, -0.15) is 0 Å². The van der Waals surface area contributed by atoms with E-state index in [0.29, 0.717) is 16.7 Å². The van der Waals surface area contributed by atoms with Crippen molar-refractivity contribution in [2.24, 2.45) is 0 Å². The van der Waals surface area contributed by atoms with Gasteiger partial charge < -0.3 is 5.11 Å². The number of hydrogen-bond acceptors (Lipinski definition) is 4. The fraction of sp³-hybridized carbons (Fsp3) is 0.0400. The highest BCUT2D eigenvalue weighted by Crippen LogP contribution is 2.38. The van der Waals surface area contributed by atoms with E-state index in [2.05, 4.69) is 27.8 Å². The predicted octanol–water partition coefficient (Wildman–Crippen LogP) is 5.55. The lowest BCUT2D eigenvalue weighted by molar-refractivity contribution is 0.102. The van der Waals surface area contributed by atoms with Crippen LogP contribution in [0.1, 0.15) is 26.9 Å². The molecule has 4 nitrogen and oxygen atoms in total. The van der Waals surface area contributed by atoms with Crippen LogP contribution in [0.25, 0.3) is 33.0 Å². The molecule has 0 bridgehead atoms. The molecule has 144 valence electrons. The van der Waals surface area contributed by atoms with E-state index in [4.69, 9.17) is 0 Å². The number of thiophene rings is 1. The van der Waals surface area contributed by atoms with Crippen molar-refractivity contribution in [3.8, 4) is 5.00 Å². The highest BCUT2D eigenvalue weighted by molar-refractivity contribution is 7.15. The Morgan fingerprint density at radius 2 is 1.73 bits per heavy atom. The maximum absolute atomic E-state index is 12.8. The van der Waals surface area contributed by atoms with Gasteiger partial charge in [0, 0.05) is 33.0 Å². The third-order valence-corrected chi connectivity index (χ3v) is 6.64. The number of carbonyl (C=O) groups excluding carboxylic acids is 1. The first-order valence-corrected chi connectivity index (χ1v) is 10.5. The molecule has 0 amide bonds. The number of pyridine rings is 1. The Bertz CT molecular complexity index is 1440. The Morgan fingerprint density at radius 1 is 0.933 bits per heavy atom. The van der Waals surface area contributed by atoms with Crippen molar-refractivity contribution in [3.63, 3.8) is 0 Å². The second-order valence-electron chi connectivity index (χ2n) is 7.32. The molecular formula is C25H16N2O2S. The van der Waals surface area contributed by atoms with Crippen LogP contribution in [0.15, 0.2) is 84.6 Å². The lowest BCUT2D eigenvalue weighted by Gasteiger charge is -2.04. The van der Waals surface area contributed by atoms with Gasteiger partial charge in [0.1, 0.15) is 16.8 Å². The topological polar surface area (TPSA) is 55.1 Å². The van der Waals surface area contributed by atoms with E-state index in [1.54, 1.807) is 23.6 Å². The molecule has 0 saturated heterocycles. The van der Waals surface area contributed by atoms with Gasteiger partial charge in [-0.3, -0.25) is 9.36 Å². The molecule has 1 aliphatic rings. The number of aliphatic hydroxyl groups is 1. The molecule has 1 aliphatic carbocycles. The van der Waals surface area contributed by atoms with Crippen molar-refractivity contribution in [2.45, 2.75) is 6.10 Å². The van der Waals surface area contributed by atoms with Crippen molar-refractivity contribution >= 4 is 45.1 Å². The van der Waals surface area contributed by atoms with E-state index in [9.17, 15) is 9.90 Å². The number of benzene rings is 2. The van der Waals surface area contributed by atoms with E-state index in [-0.39, 0.29) is 5.78 Å². The highest BCUT2D eigenvalue weighted by atomic mass is 32.1. The molecule has 0 spiro atoms. The van der Waals surface area contributed by atoms with Crippen LogP contribution in [-0.2, 0) is 0 Å². The van der Waals surface area contributed by atoms with E-state index in [1.807, 2.05) is 54.6 Å². The van der Waals surface area contributed by atoms with Crippen molar-refractivity contribution in [2.75, 3.05) is 0 Å². The van der Waals surface area contributed by atoms with Crippen LogP contribution < -0.4 is 0 Å². The Morgan fingerprint density at radius 3 is 2.63 bits per heavy atom. The van der Waals surface area contributed by atoms with Crippen LogP contribution in [0.2, 0.25) is 0 Å². The molecule has 1 atom stereocenters. The predicted molar refractivity (Wildman–Crippen MR) is 120 cm³/mol. The third-order valence-electron chi connectivity index (χ3n) is 5.62. The molecule has 3 heterocycles. The van der Waals surface area contributed by atoms with Gasteiger partial charge in [0.25, 0.3) is 0 Å². The fourth-order valence-corrected chi connectivity index (χ4v) is 5.22. The first kappa shape index (κ1) is 17.3. The fourth-order valence-electron chi connectivity index (χ4n) is 4.25. The molecule has 6 rings (SSSR count). The summed E-state index contributed by atoms with van der Waals surface area (Å²) >= 11 is 1.57. The quantitative estimate of drug-likeness (QED) is 0.390. The lowest BCUT2D eigenvalue weighted by Crippen LogP contribution is -1.98. The van der Waals surface area contributed by atoms with Crippen LogP contribution in [0.4, 0.5) is 0 Å². The lowest BCUT2D eigenvalue weighted by atomic mass is 10.1. The van der Waals surface area contributed by atoms with Gasteiger partial charge in [-0.05, 0) is 42.0 Å². The molecular weight excluding hydrogens is 392 g/mol. The van der Waals surface area contributed by atoms with Crippen molar-refractivity contribution in [1.29, 1.82) is 0 Å². The van der Waals surface area contributed by atoms with Gasteiger partial charge in [-0.25, -0.2) is 4.98 Å². The Hall–Kier alpha value is -3.54. The minimum Gasteiger partial charge on any atom is -0.383 e. The van der Waals surface area contributed by atoms with Gasteiger partial charge in [-0.15, -0.1) is 11.3 Å². The van der Waals surface area contributed by atoms with Crippen LogP contribution in [0, 0.1) is 0 Å². The molecule has 5 heteroatoms. The van der Waals surface area contributed by atoms with E-state index < -0.39 is 6.10 Å². The number of ketones is 1. The summed E-state index contributed by atoms with van der Waals surface area (Å²) in [6.07, 6.45) is 2.73. The van der Waals surface area contributed by atoms with Crippen LogP contribution >= 0.6 is 11.3 Å². The molecule has 30 heavy (non-hydrogen) atoms. The monoisotopic (exact) mass is 408 g/mol. The van der Waals surface area contributed by atoms with Gasteiger partial charge >= 0.3 is 0 Å². The molecule has 1 N–H and O–H groups in total. The Kier molecular flexibility index (Phi) is 3.75. The maximum Gasteiger partial charge on any atom is 0.192 e. The largest absolute Gasteiger partial charge is 0.383 e. The summed E-state index contributed by atoms with van der Waals surface area (Å²) in [6.45, 7) is 0. The molecule has 5 aromatic rings. The number of hydrogen-bond donors (Lipinski definition) is 1. The Balaban J connectivity index is 1.48. The number of fused-ring (bicyclic) bond motifs is 4. The van der Waals surface area contributed by atoms with Crippen molar-refractivity contribution in [3.05, 3.63) is 101 Å². The summed E-state index contributed by atoms with van der Waals surface area (Å²) in [4.78, 5) is 18.3. The van der Waals surface area contributed by atoms with Gasteiger partial charge in [0.15, 0.2) is 5.78 Å². The zero-order chi connectivity index (χ0) is 20.2. The van der Waals surface area contributed by atoms with Crippen molar-refractivity contribution in [1.82, 2.24) is 9.55 Å². The number of rotatable bonds is 2. The van der Waals surface area contributed by atoms with Crippen molar-refractivity contribution < 1.29 is 9.90 Å². The van der Waals surface area contributed by atoms with Crippen LogP contribution in [-0.4, -0.2) is 20.4 Å². The zero-order valence-electron chi connectivity index (χ0n) is 15.8. The molecule has 1 unspecified atom stereocenters. The highest BCUT2D eigenvalue weighted by Gasteiger charge is 2.32. The summed E-state index contributed by atoms with van der Waals surface area (Å²) in [6, 6.07) is 23.6. The number of aromatic nitrogens is 2. The van der Waals surface area contributed by atoms with Crippen LogP contribution in [0.3, 0.4) is 0 Å². The summed E-state index contributed by atoms with van der Waals surface area (Å²) < 4.78 is 2.15. The van der Waals surface area contributed by atoms with Crippen LogP contribution in [0.5, 0.6) is 0 Å². The number of carbonyl (C=O) groups is 1. The average molecular weight is 408 g/mol. The van der Waals surface area contributed by atoms with Gasteiger partial charge in [0.2, 0.25) is 0 Å². The summed E-state index contributed by atoms with van der Waals surface area (Å²) in [5.41, 5.74) is 3.68. The summed E-state index contributed by atoms with van der Waals surface area (Å²) in [5, 5.41) is 13.9. The molecule has 3 aromatic heterocycles. The first-order chi connectivity index (χ1) is 14.7. The Labute approximate surface area is 176 Å². The van der Waals surface area contributed by atoms with Gasteiger partial charge in [-0.1, -0.05) is 42.5 Å². The third kappa shape index (κ3) is 2.43. The average Bonchev–Trinajstić information content (AvgIpc) is 3.44. The summed E-state index contributed by atoms with van der Waals surface area (Å²) in [5.74, 6) is -0.105. The SMILES string of the molecule is O=C1/C(=C\c2ccc(-n3c4ccccc4c4cccnc43)s2)C(O)c2ccccc21. The van der Waals surface area contributed by atoms with E-state index in [1.165, 1.54) is 0 Å². The number of Topliss-reactive ketones (excluding diaryl/α,β-unsaturated/α-hetero) is 1. The maximum atomic E-state index is 12.8. The smallest absolute Gasteiger partial charge is 0.192 e. The minimum absolute atomic E-state index is 0.105. The second kappa shape index (κ2) is 6.49. The van der Waals surface area contributed by atoms with Gasteiger partial charge in [0.05, 0.1) is 5.52 Å². The number of aliphatic hydroxyl groups excluding tert-OH is 1. The van der Waals surface area contributed by atoms with E-state index in [0.717, 1.165) is 31.8 Å². The molecule has 2 aromatic carbocycles.